The van der Waals surface area contributed by atoms with Gasteiger partial charge < -0.3 is 15.2 Å². The van der Waals surface area contributed by atoms with E-state index in [4.69, 9.17) is 4.74 Å². The SMILES string of the molecule is OC(CNc1cccc(OCC2CCCCC2)c1Cc1cccc(C(F)(F)C(F)(F)F)c1)C(F)(F)F. The summed E-state index contributed by atoms with van der Waals surface area (Å²) in [6, 6.07) is 8.33. The molecule has 0 radical (unpaired) electrons. The number of halogens is 8. The van der Waals surface area contributed by atoms with Crippen molar-refractivity contribution in [2.24, 2.45) is 5.92 Å². The summed E-state index contributed by atoms with van der Waals surface area (Å²) >= 11 is 0. The van der Waals surface area contributed by atoms with E-state index in [0.717, 1.165) is 44.2 Å². The second-order valence-corrected chi connectivity index (χ2v) is 8.98. The van der Waals surface area contributed by atoms with Crippen LogP contribution in [0, 0.1) is 5.92 Å². The van der Waals surface area contributed by atoms with Gasteiger partial charge in [-0.2, -0.15) is 35.1 Å². The average Bonchev–Trinajstić information content (AvgIpc) is 2.81. The molecule has 11 heteroatoms. The molecule has 0 heterocycles. The lowest BCUT2D eigenvalue weighted by molar-refractivity contribution is -0.289. The zero-order valence-corrected chi connectivity index (χ0v) is 19.2. The van der Waals surface area contributed by atoms with E-state index in [2.05, 4.69) is 5.32 Å². The summed E-state index contributed by atoms with van der Waals surface area (Å²) in [5.41, 5.74) is -0.720. The number of aliphatic hydroxyl groups excluding tert-OH is 1. The molecular formula is C25H27F8NO2. The Morgan fingerprint density at radius 2 is 1.58 bits per heavy atom. The Hall–Kier alpha value is -2.56. The smallest absolute Gasteiger partial charge is 0.458 e. The van der Waals surface area contributed by atoms with Gasteiger partial charge in [0.2, 0.25) is 0 Å². The van der Waals surface area contributed by atoms with Gasteiger partial charge in [-0.3, -0.25) is 0 Å². The van der Waals surface area contributed by atoms with Crippen molar-refractivity contribution < 1.29 is 45.0 Å². The number of aliphatic hydroxyl groups is 1. The fourth-order valence-corrected chi connectivity index (χ4v) is 4.18. The van der Waals surface area contributed by atoms with E-state index in [9.17, 15) is 40.2 Å². The minimum absolute atomic E-state index is 0.0876. The van der Waals surface area contributed by atoms with E-state index in [1.165, 1.54) is 18.2 Å². The summed E-state index contributed by atoms with van der Waals surface area (Å²) in [6.07, 6.45) is -8.34. The topological polar surface area (TPSA) is 41.5 Å². The standard InChI is InChI=1S/C25H27F8NO2/c26-23(27,25(31,32)33)18-9-4-8-17(12-18)13-19-20(34-14-22(35)24(28,29)30)10-5-11-21(19)36-15-16-6-2-1-3-7-16/h4-5,8-12,16,22,34-35H,1-3,6-7,13-15H2. The molecule has 1 aliphatic carbocycles. The molecular weight excluding hydrogens is 498 g/mol. The van der Waals surface area contributed by atoms with Crippen molar-refractivity contribution in [3.63, 3.8) is 0 Å². The molecule has 0 aromatic heterocycles. The van der Waals surface area contributed by atoms with Crippen LogP contribution in [0.3, 0.4) is 0 Å². The van der Waals surface area contributed by atoms with Crippen LogP contribution in [-0.4, -0.2) is 36.7 Å². The Morgan fingerprint density at radius 3 is 2.22 bits per heavy atom. The molecule has 2 N–H and O–H groups in total. The average molecular weight is 525 g/mol. The fraction of sp³-hybridized carbons (Fsp3) is 0.520. The fourth-order valence-electron chi connectivity index (χ4n) is 4.18. The van der Waals surface area contributed by atoms with E-state index in [1.807, 2.05) is 0 Å². The summed E-state index contributed by atoms with van der Waals surface area (Å²) < 4.78 is 111. The number of rotatable bonds is 9. The number of hydrogen-bond donors (Lipinski definition) is 2. The van der Waals surface area contributed by atoms with Crippen molar-refractivity contribution in [3.8, 4) is 5.75 Å². The van der Waals surface area contributed by atoms with Crippen molar-refractivity contribution in [1.29, 1.82) is 0 Å². The molecule has 0 aliphatic heterocycles. The Balaban J connectivity index is 1.90. The first-order valence-corrected chi connectivity index (χ1v) is 11.6. The molecule has 3 nitrogen and oxygen atoms in total. The maximum atomic E-state index is 13.9. The number of alkyl halides is 8. The maximum absolute atomic E-state index is 13.9. The highest BCUT2D eigenvalue weighted by Gasteiger charge is 2.58. The molecule has 1 saturated carbocycles. The minimum atomic E-state index is -5.78. The normalized spacial score (nSPS) is 16.6. The molecule has 0 saturated heterocycles. The number of anilines is 1. The zero-order chi connectivity index (χ0) is 26.6. The first kappa shape index (κ1) is 28.0. The molecule has 0 bridgehead atoms. The molecule has 36 heavy (non-hydrogen) atoms. The largest absolute Gasteiger partial charge is 0.493 e. The van der Waals surface area contributed by atoms with E-state index in [0.29, 0.717) is 12.7 Å². The molecule has 2 aromatic carbocycles. The highest BCUT2D eigenvalue weighted by Crippen LogP contribution is 2.44. The van der Waals surface area contributed by atoms with E-state index >= 15 is 0 Å². The van der Waals surface area contributed by atoms with Crippen LogP contribution in [-0.2, 0) is 12.3 Å². The van der Waals surface area contributed by atoms with Crippen LogP contribution in [0.25, 0.3) is 0 Å². The van der Waals surface area contributed by atoms with E-state index in [-0.39, 0.29) is 34.9 Å². The van der Waals surface area contributed by atoms with Crippen molar-refractivity contribution in [2.75, 3.05) is 18.5 Å². The summed E-state index contributed by atoms with van der Waals surface area (Å²) in [5.74, 6) is -4.51. The monoisotopic (exact) mass is 525 g/mol. The second-order valence-electron chi connectivity index (χ2n) is 8.98. The molecule has 1 fully saturated rings. The third-order valence-electron chi connectivity index (χ3n) is 6.22. The lowest BCUT2D eigenvalue weighted by Gasteiger charge is -2.24. The van der Waals surface area contributed by atoms with Gasteiger partial charge in [0, 0.05) is 29.8 Å². The van der Waals surface area contributed by atoms with Gasteiger partial charge in [0.25, 0.3) is 0 Å². The van der Waals surface area contributed by atoms with Crippen molar-refractivity contribution in [1.82, 2.24) is 0 Å². The minimum Gasteiger partial charge on any atom is -0.493 e. The molecule has 3 rings (SSSR count). The van der Waals surface area contributed by atoms with Gasteiger partial charge in [-0.05, 0) is 42.5 Å². The van der Waals surface area contributed by atoms with Crippen LogP contribution in [0.1, 0.15) is 48.8 Å². The summed E-state index contributed by atoms with van der Waals surface area (Å²) in [4.78, 5) is 0. The van der Waals surface area contributed by atoms with E-state index in [1.54, 1.807) is 6.07 Å². The number of nitrogens with one attached hydrogen (secondary N) is 1. The van der Waals surface area contributed by atoms with Gasteiger partial charge in [0.1, 0.15) is 5.75 Å². The second kappa shape index (κ2) is 11.2. The van der Waals surface area contributed by atoms with Gasteiger partial charge >= 0.3 is 18.3 Å². The quantitative estimate of drug-likeness (QED) is 0.340. The van der Waals surface area contributed by atoms with Crippen LogP contribution in [0.2, 0.25) is 0 Å². The molecule has 1 unspecified atom stereocenters. The number of benzene rings is 2. The molecule has 0 spiro atoms. The molecule has 0 amide bonds. The van der Waals surface area contributed by atoms with Gasteiger partial charge in [0.05, 0.1) is 6.61 Å². The summed E-state index contributed by atoms with van der Waals surface area (Å²) in [6.45, 7) is -0.539. The third-order valence-corrected chi connectivity index (χ3v) is 6.22. The first-order valence-electron chi connectivity index (χ1n) is 11.6. The number of hydrogen-bond acceptors (Lipinski definition) is 3. The number of ether oxygens (including phenoxy) is 1. The van der Waals surface area contributed by atoms with Crippen molar-refractivity contribution in [3.05, 3.63) is 59.2 Å². The lowest BCUT2D eigenvalue weighted by Crippen LogP contribution is -2.35. The third kappa shape index (κ3) is 7.02. The Kier molecular flexibility index (Phi) is 8.74. The zero-order valence-electron chi connectivity index (χ0n) is 19.2. The maximum Gasteiger partial charge on any atom is 0.458 e. The first-order chi connectivity index (χ1) is 16.8. The van der Waals surface area contributed by atoms with E-state index < -0.39 is 36.5 Å². The Bertz CT molecular complexity index is 1000. The molecule has 200 valence electrons. The molecule has 1 aliphatic rings. The Morgan fingerprint density at radius 1 is 0.917 bits per heavy atom. The molecule has 2 aromatic rings. The van der Waals surface area contributed by atoms with Crippen LogP contribution >= 0.6 is 0 Å². The van der Waals surface area contributed by atoms with Gasteiger partial charge in [-0.1, -0.05) is 43.5 Å². The van der Waals surface area contributed by atoms with Crippen molar-refractivity contribution in [2.45, 2.75) is 62.9 Å². The van der Waals surface area contributed by atoms with Crippen LogP contribution in [0.5, 0.6) is 5.75 Å². The highest BCUT2D eigenvalue weighted by molar-refractivity contribution is 5.59. The highest BCUT2D eigenvalue weighted by atomic mass is 19.4. The predicted octanol–water partition coefficient (Wildman–Crippen LogP) is 7.23. The van der Waals surface area contributed by atoms with Crippen molar-refractivity contribution >= 4 is 5.69 Å². The summed E-state index contributed by atoms with van der Waals surface area (Å²) in [7, 11) is 0. The van der Waals surface area contributed by atoms with Gasteiger partial charge in [0.15, 0.2) is 6.10 Å². The molecule has 1 atom stereocenters. The lowest BCUT2D eigenvalue weighted by atomic mass is 9.90. The van der Waals surface area contributed by atoms with Gasteiger partial charge in [-0.15, -0.1) is 0 Å². The predicted molar refractivity (Wildman–Crippen MR) is 118 cm³/mol. The summed E-state index contributed by atoms with van der Waals surface area (Å²) in [5, 5.41) is 11.9. The van der Waals surface area contributed by atoms with Crippen LogP contribution in [0.4, 0.5) is 40.8 Å². The van der Waals surface area contributed by atoms with Gasteiger partial charge in [-0.25, -0.2) is 0 Å². The Labute approximate surface area is 203 Å². The van der Waals surface area contributed by atoms with Crippen LogP contribution < -0.4 is 10.1 Å². The van der Waals surface area contributed by atoms with Crippen LogP contribution in [0.15, 0.2) is 42.5 Å².